The second kappa shape index (κ2) is 8.03. The van der Waals surface area contributed by atoms with Gasteiger partial charge < -0.3 is 4.57 Å². The maximum atomic E-state index is 2.45. The van der Waals surface area contributed by atoms with E-state index < -0.39 is 0 Å². The maximum Gasteiger partial charge on any atom is 0.0640 e. The molecule has 9 aromatic rings. The smallest absolute Gasteiger partial charge is 0.0640 e. The van der Waals surface area contributed by atoms with Crippen molar-refractivity contribution in [2.45, 2.75) is 0 Å². The maximum absolute atomic E-state index is 2.45. The van der Waals surface area contributed by atoms with E-state index in [2.05, 4.69) is 132 Å². The third-order valence-corrected chi connectivity index (χ3v) is 10.4. The Bertz CT molecular complexity index is 2350. The highest BCUT2D eigenvalue weighted by molar-refractivity contribution is 7.26. The predicted molar refractivity (Wildman–Crippen MR) is 172 cm³/mol. The normalized spacial score (nSPS) is 12.1. The summed E-state index contributed by atoms with van der Waals surface area (Å²) < 4.78 is 7.82. The largest absolute Gasteiger partial charge is 0.308 e. The Morgan fingerprint density at radius 1 is 0.410 bits per heavy atom. The van der Waals surface area contributed by atoms with Gasteiger partial charge in [0.05, 0.1) is 21.4 Å². The number of hydrogen-bond acceptors (Lipinski definition) is 2. The number of nitrogens with zero attached hydrogens (tertiary/aromatic N) is 1. The highest BCUT2D eigenvalue weighted by Gasteiger charge is 2.17. The van der Waals surface area contributed by atoms with Gasteiger partial charge in [-0.15, -0.1) is 22.7 Å². The monoisotopic (exact) mass is 531 g/mol. The molecule has 0 amide bonds. The number of rotatable bonds is 2. The van der Waals surface area contributed by atoms with Gasteiger partial charge in [-0.3, -0.25) is 0 Å². The minimum Gasteiger partial charge on any atom is -0.308 e. The Morgan fingerprint density at radius 3 is 1.79 bits per heavy atom. The minimum atomic E-state index is 1.25. The van der Waals surface area contributed by atoms with Gasteiger partial charge >= 0.3 is 0 Å². The van der Waals surface area contributed by atoms with E-state index in [1.807, 2.05) is 22.7 Å². The highest BCUT2D eigenvalue weighted by atomic mass is 32.1. The van der Waals surface area contributed by atoms with E-state index in [1.165, 1.54) is 79.0 Å². The van der Waals surface area contributed by atoms with Crippen LogP contribution in [0.1, 0.15) is 0 Å². The lowest BCUT2D eigenvalue weighted by atomic mass is 10.0. The molecular weight excluding hydrogens is 511 g/mol. The Hall–Kier alpha value is -4.44. The van der Waals surface area contributed by atoms with Crippen molar-refractivity contribution >= 4 is 84.8 Å². The first-order valence-corrected chi connectivity index (χ1v) is 14.8. The number of fused-ring (bicyclic) bond motifs is 9. The van der Waals surface area contributed by atoms with Gasteiger partial charge in [0.15, 0.2) is 0 Å². The molecule has 0 aliphatic heterocycles. The zero-order valence-corrected chi connectivity index (χ0v) is 22.5. The Balaban J connectivity index is 1.30. The van der Waals surface area contributed by atoms with Crippen LogP contribution in [0, 0.1) is 0 Å². The lowest BCUT2D eigenvalue weighted by Gasteiger charge is -2.09. The van der Waals surface area contributed by atoms with Crippen molar-refractivity contribution in [2.24, 2.45) is 0 Å². The summed E-state index contributed by atoms with van der Waals surface area (Å²) in [5.41, 5.74) is 6.35. The predicted octanol–water partition coefficient (Wildman–Crippen LogP) is 11.2. The zero-order chi connectivity index (χ0) is 25.5. The summed E-state index contributed by atoms with van der Waals surface area (Å²) in [7, 11) is 0. The van der Waals surface area contributed by atoms with Crippen molar-refractivity contribution in [3.05, 3.63) is 127 Å². The van der Waals surface area contributed by atoms with E-state index in [1.54, 1.807) is 0 Å². The van der Waals surface area contributed by atoms with Crippen LogP contribution in [0.3, 0.4) is 0 Å². The van der Waals surface area contributed by atoms with Crippen molar-refractivity contribution in [2.75, 3.05) is 0 Å². The molecule has 3 aromatic heterocycles. The molecule has 3 heterocycles. The Labute approximate surface area is 232 Å². The number of benzene rings is 6. The highest BCUT2D eigenvalue weighted by Crippen LogP contribution is 2.44. The molecule has 0 aliphatic rings. The molecule has 0 N–H and O–H groups in total. The second-order valence-electron chi connectivity index (χ2n) is 10.1. The SMILES string of the molecule is c1ccc2c(c1)sc1c(-c3ccc4c(c3)sc3c(-n5c6ccccc6c6ccccc65)cccc34)cccc12. The fraction of sp³-hybridized carbons (Fsp3) is 0. The van der Waals surface area contributed by atoms with Gasteiger partial charge in [0.25, 0.3) is 0 Å². The first kappa shape index (κ1) is 21.5. The van der Waals surface area contributed by atoms with Crippen LogP contribution in [-0.2, 0) is 0 Å². The van der Waals surface area contributed by atoms with Crippen molar-refractivity contribution in [3.63, 3.8) is 0 Å². The van der Waals surface area contributed by atoms with Gasteiger partial charge in [-0.2, -0.15) is 0 Å². The zero-order valence-electron chi connectivity index (χ0n) is 20.9. The summed E-state index contributed by atoms with van der Waals surface area (Å²) in [6.45, 7) is 0. The van der Waals surface area contributed by atoms with Crippen LogP contribution in [-0.4, -0.2) is 4.57 Å². The summed E-state index contributed by atoms with van der Waals surface area (Å²) >= 11 is 3.80. The summed E-state index contributed by atoms with van der Waals surface area (Å²) in [5, 5.41) is 7.93. The van der Waals surface area contributed by atoms with E-state index in [0.717, 1.165) is 0 Å². The van der Waals surface area contributed by atoms with Crippen LogP contribution in [0.2, 0.25) is 0 Å². The molecule has 1 nitrogen and oxygen atoms in total. The van der Waals surface area contributed by atoms with Crippen LogP contribution in [0.4, 0.5) is 0 Å². The first-order chi connectivity index (χ1) is 19.3. The molecule has 0 spiro atoms. The molecular formula is C36H21NS2. The molecule has 6 aromatic carbocycles. The van der Waals surface area contributed by atoms with Gasteiger partial charge in [0.1, 0.15) is 0 Å². The van der Waals surface area contributed by atoms with E-state index in [9.17, 15) is 0 Å². The third kappa shape index (κ3) is 3.00. The Kier molecular flexibility index (Phi) is 4.43. The molecule has 0 saturated heterocycles. The summed E-state index contributed by atoms with van der Waals surface area (Å²) in [6, 6.07) is 46.8. The van der Waals surface area contributed by atoms with E-state index in [-0.39, 0.29) is 0 Å². The fourth-order valence-electron chi connectivity index (χ4n) is 6.28. The van der Waals surface area contributed by atoms with Crippen LogP contribution >= 0.6 is 22.7 Å². The summed E-state index contributed by atoms with van der Waals surface area (Å²) in [5.74, 6) is 0. The Morgan fingerprint density at radius 2 is 1.00 bits per heavy atom. The third-order valence-electron chi connectivity index (χ3n) is 8.01. The van der Waals surface area contributed by atoms with Gasteiger partial charge in [-0.25, -0.2) is 0 Å². The topological polar surface area (TPSA) is 4.93 Å². The second-order valence-corrected chi connectivity index (χ2v) is 12.2. The quantitative estimate of drug-likeness (QED) is 0.209. The summed E-state index contributed by atoms with van der Waals surface area (Å²) in [6.07, 6.45) is 0. The average molecular weight is 532 g/mol. The lowest BCUT2D eigenvalue weighted by molar-refractivity contribution is 1.20. The van der Waals surface area contributed by atoms with Crippen LogP contribution in [0.15, 0.2) is 127 Å². The molecule has 182 valence electrons. The van der Waals surface area contributed by atoms with Crippen molar-refractivity contribution in [1.29, 1.82) is 0 Å². The number of hydrogen-bond donors (Lipinski definition) is 0. The molecule has 0 fully saturated rings. The lowest BCUT2D eigenvalue weighted by Crippen LogP contribution is -1.93. The number of thiophene rings is 2. The summed E-state index contributed by atoms with van der Waals surface area (Å²) in [4.78, 5) is 0. The van der Waals surface area contributed by atoms with Gasteiger partial charge in [0, 0.05) is 46.4 Å². The van der Waals surface area contributed by atoms with Crippen LogP contribution < -0.4 is 0 Å². The number of para-hydroxylation sites is 2. The standard InChI is InChI=1S/C36H21NS2/c1-4-15-30-24(9-1)25-10-2-5-16-31(25)37(30)32-17-8-14-29-27-20-19-22(21-34(27)39-36(29)32)23-12-7-13-28-26-11-3-6-18-33(26)38-35(23)28/h1-21H. The molecule has 3 heteroatoms. The fourth-order valence-corrected chi connectivity index (χ4v) is 8.77. The van der Waals surface area contributed by atoms with Crippen LogP contribution in [0.25, 0.3) is 79.0 Å². The molecule has 0 radical (unpaired) electrons. The molecule has 0 aliphatic carbocycles. The minimum absolute atomic E-state index is 1.25. The van der Waals surface area contributed by atoms with E-state index >= 15 is 0 Å². The van der Waals surface area contributed by atoms with E-state index in [0.29, 0.717) is 0 Å². The molecule has 0 atom stereocenters. The average Bonchev–Trinajstić information content (AvgIpc) is 3.66. The van der Waals surface area contributed by atoms with Crippen molar-refractivity contribution in [1.82, 2.24) is 4.57 Å². The number of aromatic nitrogens is 1. The van der Waals surface area contributed by atoms with Crippen molar-refractivity contribution in [3.8, 4) is 16.8 Å². The van der Waals surface area contributed by atoms with Gasteiger partial charge in [-0.05, 0) is 41.5 Å². The first-order valence-electron chi connectivity index (χ1n) is 13.2. The van der Waals surface area contributed by atoms with E-state index in [4.69, 9.17) is 0 Å². The van der Waals surface area contributed by atoms with Gasteiger partial charge in [0.2, 0.25) is 0 Å². The van der Waals surface area contributed by atoms with Crippen molar-refractivity contribution < 1.29 is 0 Å². The van der Waals surface area contributed by atoms with Gasteiger partial charge in [-0.1, -0.05) is 97.1 Å². The molecule has 39 heavy (non-hydrogen) atoms. The molecule has 0 bridgehead atoms. The van der Waals surface area contributed by atoms with Crippen LogP contribution in [0.5, 0.6) is 0 Å². The molecule has 0 saturated carbocycles. The molecule has 0 unspecified atom stereocenters. The molecule has 9 rings (SSSR count).